The molecule has 0 saturated heterocycles. The van der Waals surface area contributed by atoms with Gasteiger partial charge in [0, 0.05) is 17.8 Å². The van der Waals surface area contributed by atoms with E-state index >= 15 is 0 Å². The Balaban J connectivity index is 3.30. The van der Waals surface area contributed by atoms with Crippen LogP contribution in [0.1, 0.15) is 20.3 Å². The van der Waals surface area contributed by atoms with Crippen molar-refractivity contribution in [1.82, 2.24) is 0 Å². The Morgan fingerprint density at radius 1 is 1.55 bits per heavy atom. The van der Waals surface area contributed by atoms with Crippen molar-refractivity contribution in [2.24, 2.45) is 5.92 Å². The largest absolute Gasteiger partial charge is 0.408 e. The van der Waals surface area contributed by atoms with Crippen molar-refractivity contribution in [3.8, 4) is 0 Å². The molecule has 0 radical (unpaired) electrons. The zero-order valence-electron chi connectivity index (χ0n) is 6.48. The first-order valence-electron chi connectivity index (χ1n) is 3.20. The van der Waals surface area contributed by atoms with Gasteiger partial charge in [0.15, 0.2) is 0 Å². The van der Waals surface area contributed by atoms with E-state index in [4.69, 9.17) is 4.55 Å². The maximum Gasteiger partial charge on any atom is 0.408 e. The highest BCUT2D eigenvalue weighted by atomic mass is 32.3. The molecule has 0 aliphatic rings. The average molecular weight is 200 g/mol. The molecule has 68 valence electrons. The van der Waals surface area contributed by atoms with E-state index in [0.717, 1.165) is 18.5 Å². The first kappa shape index (κ1) is 11.2. The minimum Gasteiger partial charge on any atom is -0.263 e. The second-order valence-corrected chi connectivity index (χ2v) is 4.54. The number of hydrogen-bond donors (Lipinski definition) is 1. The third-order valence-electron chi connectivity index (χ3n) is 0.913. The second-order valence-electron chi connectivity index (χ2n) is 2.50. The predicted octanol–water partition coefficient (Wildman–Crippen LogP) is 1.50. The van der Waals surface area contributed by atoms with E-state index in [-0.39, 0.29) is 0 Å². The van der Waals surface area contributed by atoms with Gasteiger partial charge in [-0.15, -0.1) is 0 Å². The summed E-state index contributed by atoms with van der Waals surface area (Å²) in [6.07, 6.45) is 0.861. The van der Waals surface area contributed by atoms with Gasteiger partial charge in [-0.2, -0.15) is 12.0 Å². The Morgan fingerprint density at radius 3 is 2.45 bits per heavy atom. The van der Waals surface area contributed by atoms with E-state index in [1.165, 1.54) is 0 Å². The summed E-state index contributed by atoms with van der Waals surface area (Å²) in [5, 5.41) is 0. The highest BCUT2D eigenvalue weighted by Gasteiger charge is 2.04. The number of hydrogen-bond acceptors (Lipinski definition) is 4. The lowest BCUT2D eigenvalue weighted by Gasteiger charge is -2.01. The van der Waals surface area contributed by atoms with E-state index in [2.05, 4.69) is 3.63 Å². The molecule has 6 heteroatoms. The van der Waals surface area contributed by atoms with Crippen LogP contribution in [0.25, 0.3) is 0 Å². The molecule has 11 heavy (non-hydrogen) atoms. The van der Waals surface area contributed by atoms with Crippen molar-refractivity contribution in [2.45, 2.75) is 20.3 Å². The summed E-state index contributed by atoms with van der Waals surface area (Å²) in [4.78, 5) is 0. The van der Waals surface area contributed by atoms with Crippen LogP contribution in [-0.2, 0) is 14.0 Å². The normalized spacial score (nSPS) is 12.4. The third-order valence-corrected chi connectivity index (χ3v) is 2.39. The molecule has 0 amide bonds. The molecule has 0 unspecified atom stereocenters. The second kappa shape index (κ2) is 4.97. The maximum absolute atomic E-state index is 9.99. The molecular weight excluding hydrogens is 188 g/mol. The molecule has 0 bridgehead atoms. The van der Waals surface area contributed by atoms with Crippen LogP contribution in [0.15, 0.2) is 0 Å². The summed E-state index contributed by atoms with van der Waals surface area (Å²) in [6, 6.07) is 0. The van der Waals surface area contributed by atoms with Crippen LogP contribution in [0.3, 0.4) is 0 Å². The fourth-order valence-corrected chi connectivity index (χ4v) is 1.70. The van der Waals surface area contributed by atoms with Crippen molar-refractivity contribution < 1.29 is 16.6 Å². The molecule has 0 fully saturated rings. The third kappa shape index (κ3) is 10.2. The van der Waals surface area contributed by atoms with Crippen LogP contribution in [0.2, 0.25) is 0 Å². The quantitative estimate of drug-likeness (QED) is 0.414. The van der Waals surface area contributed by atoms with E-state index in [1.807, 2.05) is 13.8 Å². The Morgan fingerprint density at radius 2 is 2.09 bits per heavy atom. The summed E-state index contributed by atoms with van der Waals surface area (Å²) in [5.41, 5.74) is 0. The van der Waals surface area contributed by atoms with Crippen molar-refractivity contribution in [3.05, 3.63) is 0 Å². The summed E-state index contributed by atoms with van der Waals surface area (Å²) in [5.74, 6) is 1.07. The fraction of sp³-hybridized carbons (Fsp3) is 1.00. The summed E-state index contributed by atoms with van der Waals surface area (Å²) in [6.45, 7) is 4.04. The lowest BCUT2D eigenvalue weighted by molar-refractivity contribution is 0.407. The van der Waals surface area contributed by atoms with Crippen molar-refractivity contribution in [1.29, 1.82) is 0 Å². The van der Waals surface area contributed by atoms with Gasteiger partial charge in [-0.05, 0) is 12.3 Å². The molecular formula is C5H12O4S2. The number of rotatable bonds is 5. The summed E-state index contributed by atoms with van der Waals surface area (Å²) in [7, 11) is -4.26. The fourth-order valence-electron chi connectivity index (χ4n) is 0.379. The highest BCUT2D eigenvalue weighted by Crippen LogP contribution is 2.11. The average Bonchev–Trinajstić information content (AvgIpc) is 1.78. The van der Waals surface area contributed by atoms with Gasteiger partial charge in [-0.1, -0.05) is 13.8 Å². The van der Waals surface area contributed by atoms with Gasteiger partial charge in [0.2, 0.25) is 0 Å². The van der Waals surface area contributed by atoms with Crippen molar-refractivity contribution in [3.63, 3.8) is 0 Å². The molecule has 0 aromatic heterocycles. The van der Waals surface area contributed by atoms with Gasteiger partial charge < -0.3 is 0 Å². The maximum atomic E-state index is 9.99. The first-order valence-corrected chi connectivity index (χ1v) is 5.48. The topological polar surface area (TPSA) is 63.6 Å². The molecule has 4 nitrogen and oxygen atoms in total. The van der Waals surface area contributed by atoms with E-state index < -0.39 is 10.4 Å². The molecule has 1 N–H and O–H groups in total. The monoisotopic (exact) mass is 200 g/mol. The zero-order chi connectivity index (χ0) is 8.91. The first-order chi connectivity index (χ1) is 4.92. The van der Waals surface area contributed by atoms with E-state index in [0.29, 0.717) is 11.7 Å². The van der Waals surface area contributed by atoms with Gasteiger partial charge >= 0.3 is 10.4 Å². The van der Waals surface area contributed by atoms with Crippen LogP contribution < -0.4 is 0 Å². The molecule has 0 atom stereocenters. The van der Waals surface area contributed by atoms with Gasteiger partial charge in [-0.25, -0.2) is 0 Å². The van der Waals surface area contributed by atoms with Crippen LogP contribution in [0.5, 0.6) is 0 Å². The zero-order valence-corrected chi connectivity index (χ0v) is 8.11. The van der Waals surface area contributed by atoms with Crippen LogP contribution in [-0.4, -0.2) is 18.7 Å². The van der Waals surface area contributed by atoms with Crippen LogP contribution in [0.4, 0.5) is 0 Å². The van der Waals surface area contributed by atoms with Gasteiger partial charge in [0.05, 0.1) is 0 Å². The smallest absolute Gasteiger partial charge is 0.263 e. The Hall–Kier alpha value is 0.220. The predicted molar refractivity (Wildman–Crippen MR) is 44.5 cm³/mol. The van der Waals surface area contributed by atoms with Gasteiger partial charge in [0.25, 0.3) is 0 Å². The Labute approximate surface area is 71.5 Å². The van der Waals surface area contributed by atoms with E-state index in [9.17, 15) is 8.42 Å². The molecule has 0 aromatic rings. The SMILES string of the molecule is CC(C)CCSOS(=O)(=O)O. The van der Waals surface area contributed by atoms with Crippen molar-refractivity contribution >= 4 is 22.4 Å². The summed E-state index contributed by atoms with van der Waals surface area (Å²) < 4.78 is 32.1. The molecule has 0 heterocycles. The molecule has 0 aliphatic heterocycles. The minimum atomic E-state index is -4.26. The Kier molecular flexibility index (Phi) is 5.07. The van der Waals surface area contributed by atoms with Crippen LogP contribution >= 0.6 is 12.0 Å². The Bertz CT molecular complexity index is 185. The standard InChI is InChI=1S/C5H12O4S2/c1-5(2)3-4-10-9-11(6,7)8/h5H,3-4H2,1-2H3,(H,6,7,8). The van der Waals surface area contributed by atoms with Gasteiger partial charge in [-0.3, -0.25) is 4.55 Å². The van der Waals surface area contributed by atoms with Crippen molar-refractivity contribution in [2.75, 3.05) is 5.75 Å². The molecule has 0 saturated carbocycles. The summed E-state index contributed by atoms with van der Waals surface area (Å²) >= 11 is 0.751. The lowest BCUT2D eigenvalue weighted by Crippen LogP contribution is -1.98. The minimum absolute atomic E-state index is 0.507. The molecule has 0 aliphatic carbocycles. The lowest BCUT2D eigenvalue weighted by atomic mass is 10.2. The molecule has 0 aromatic carbocycles. The molecule has 0 rings (SSSR count). The highest BCUT2D eigenvalue weighted by molar-refractivity contribution is 8.02. The van der Waals surface area contributed by atoms with E-state index in [1.54, 1.807) is 0 Å². The van der Waals surface area contributed by atoms with Crippen LogP contribution in [0, 0.1) is 5.92 Å². The molecule has 0 spiro atoms. The van der Waals surface area contributed by atoms with Gasteiger partial charge in [0.1, 0.15) is 0 Å².